The first-order valence-electron chi connectivity index (χ1n) is 7.45. The fraction of sp³-hybridized carbons (Fsp3) is 0.867. The molecule has 0 aromatic carbocycles. The van der Waals surface area contributed by atoms with Crippen LogP contribution in [0.2, 0.25) is 0 Å². The van der Waals surface area contributed by atoms with Crippen molar-refractivity contribution in [3.63, 3.8) is 0 Å². The predicted octanol–water partition coefficient (Wildman–Crippen LogP) is 4.36. The molecule has 4 heteroatoms. The average Bonchev–Trinajstić information content (AvgIpc) is 2.80. The van der Waals surface area contributed by atoms with E-state index in [2.05, 4.69) is 42.5 Å². The molecule has 1 aliphatic rings. The second kappa shape index (κ2) is 5.82. The summed E-state index contributed by atoms with van der Waals surface area (Å²) in [6, 6.07) is 0. The average molecular weight is 284 g/mol. The van der Waals surface area contributed by atoms with E-state index in [1.54, 1.807) is 0 Å². The van der Waals surface area contributed by atoms with E-state index >= 15 is 0 Å². The van der Waals surface area contributed by atoms with Gasteiger partial charge in [-0.2, -0.15) is 0 Å². The zero-order valence-electron chi connectivity index (χ0n) is 12.6. The van der Waals surface area contributed by atoms with Crippen LogP contribution in [0.5, 0.6) is 0 Å². The topological polar surface area (TPSA) is 30.7 Å². The zero-order chi connectivity index (χ0) is 14.0. The lowest BCUT2D eigenvalue weighted by Gasteiger charge is -2.36. The molecule has 0 N–H and O–H groups in total. The van der Waals surface area contributed by atoms with Crippen LogP contribution in [-0.2, 0) is 12.4 Å². The van der Waals surface area contributed by atoms with Crippen LogP contribution >= 0.6 is 11.6 Å². The van der Waals surface area contributed by atoms with E-state index in [4.69, 9.17) is 11.6 Å². The fourth-order valence-electron chi connectivity index (χ4n) is 3.31. The Morgan fingerprint density at radius 2 is 1.79 bits per heavy atom. The molecule has 1 fully saturated rings. The first-order valence-corrected chi connectivity index (χ1v) is 7.98. The van der Waals surface area contributed by atoms with E-state index < -0.39 is 0 Å². The SMILES string of the molecule is CCn1c(CCl)nnc1C1CCC(C(C)(C)C)CC1. The smallest absolute Gasteiger partial charge is 0.147 e. The van der Waals surface area contributed by atoms with Crippen molar-refractivity contribution >= 4 is 11.6 Å². The summed E-state index contributed by atoms with van der Waals surface area (Å²) >= 11 is 5.92. The molecule has 0 atom stereocenters. The van der Waals surface area contributed by atoms with Crippen LogP contribution in [0.4, 0.5) is 0 Å². The van der Waals surface area contributed by atoms with Crippen LogP contribution in [-0.4, -0.2) is 14.8 Å². The number of hydrogen-bond acceptors (Lipinski definition) is 2. The third-order valence-corrected chi connectivity index (χ3v) is 4.85. The third-order valence-electron chi connectivity index (χ3n) is 4.61. The van der Waals surface area contributed by atoms with Crippen LogP contribution in [0, 0.1) is 11.3 Å². The molecule has 1 saturated carbocycles. The van der Waals surface area contributed by atoms with E-state index in [1.807, 2.05) is 0 Å². The maximum atomic E-state index is 5.92. The van der Waals surface area contributed by atoms with Gasteiger partial charge < -0.3 is 4.57 Å². The van der Waals surface area contributed by atoms with Gasteiger partial charge in [0, 0.05) is 12.5 Å². The second-order valence-corrected chi connectivity index (χ2v) is 7.03. The van der Waals surface area contributed by atoms with Crippen molar-refractivity contribution in [3.8, 4) is 0 Å². The van der Waals surface area contributed by atoms with Gasteiger partial charge in [-0.3, -0.25) is 0 Å². The highest BCUT2D eigenvalue weighted by Crippen LogP contribution is 2.42. The number of nitrogens with zero attached hydrogens (tertiary/aromatic N) is 3. The van der Waals surface area contributed by atoms with Crippen molar-refractivity contribution < 1.29 is 0 Å². The molecule has 2 rings (SSSR count). The minimum atomic E-state index is 0.435. The van der Waals surface area contributed by atoms with Gasteiger partial charge in [0.1, 0.15) is 11.6 Å². The van der Waals surface area contributed by atoms with Crippen LogP contribution in [0.25, 0.3) is 0 Å². The standard InChI is InChI=1S/C15H26ClN3/c1-5-19-13(10-16)17-18-14(19)11-6-8-12(9-7-11)15(2,3)4/h11-12H,5-10H2,1-4H3. The van der Waals surface area contributed by atoms with Gasteiger partial charge in [0.05, 0.1) is 5.88 Å². The highest BCUT2D eigenvalue weighted by atomic mass is 35.5. The summed E-state index contributed by atoms with van der Waals surface area (Å²) in [5.74, 6) is 3.94. The number of halogens is 1. The summed E-state index contributed by atoms with van der Waals surface area (Å²) in [4.78, 5) is 0. The van der Waals surface area contributed by atoms with E-state index in [0.29, 0.717) is 17.2 Å². The molecule has 1 aliphatic carbocycles. The van der Waals surface area contributed by atoms with Crippen molar-refractivity contribution in [1.82, 2.24) is 14.8 Å². The monoisotopic (exact) mass is 283 g/mol. The Morgan fingerprint density at radius 1 is 1.16 bits per heavy atom. The molecule has 0 radical (unpaired) electrons. The molecule has 1 aromatic rings. The molecule has 0 amide bonds. The Kier molecular flexibility index (Phi) is 4.54. The summed E-state index contributed by atoms with van der Waals surface area (Å²) in [6.07, 6.45) is 5.09. The molecule has 0 saturated heterocycles. The van der Waals surface area contributed by atoms with E-state index in [-0.39, 0.29) is 0 Å². The summed E-state index contributed by atoms with van der Waals surface area (Å²) in [6.45, 7) is 10.1. The van der Waals surface area contributed by atoms with Crippen molar-refractivity contribution in [2.24, 2.45) is 11.3 Å². The quantitative estimate of drug-likeness (QED) is 0.772. The Hall–Kier alpha value is -0.570. The molecule has 1 heterocycles. The molecule has 3 nitrogen and oxygen atoms in total. The van der Waals surface area contributed by atoms with Crippen LogP contribution in [0.3, 0.4) is 0 Å². The van der Waals surface area contributed by atoms with Gasteiger partial charge in [-0.1, -0.05) is 20.8 Å². The van der Waals surface area contributed by atoms with Crippen LogP contribution in [0.1, 0.15) is 70.9 Å². The first kappa shape index (κ1) is 14.8. The highest BCUT2D eigenvalue weighted by molar-refractivity contribution is 6.16. The first-order chi connectivity index (χ1) is 8.97. The predicted molar refractivity (Wildman–Crippen MR) is 79.4 cm³/mol. The van der Waals surface area contributed by atoms with Crippen LogP contribution < -0.4 is 0 Å². The molecule has 108 valence electrons. The van der Waals surface area contributed by atoms with E-state index in [1.165, 1.54) is 25.7 Å². The van der Waals surface area contributed by atoms with Crippen molar-refractivity contribution in [2.45, 2.75) is 71.7 Å². The molecule has 0 aliphatic heterocycles. The van der Waals surface area contributed by atoms with Crippen molar-refractivity contribution in [2.75, 3.05) is 0 Å². The Labute approximate surface area is 121 Å². The number of hydrogen-bond donors (Lipinski definition) is 0. The van der Waals surface area contributed by atoms with Gasteiger partial charge in [0.15, 0.2) is 0 Å². The summed E-state index contributed by atoms with van der Waals surface area (Å²) in [7, 11) is 0. The van der Waals surface area contributed by atoms with Crippen LogP contribution in [0.15, 0.2) is 0 Å². The molecule has 19 heavy (non-hydrogen) atoms. The van der Waals surface area contributed by atoms with Crippen molar-refractivity contribution in [3.05, 3.63) is 11.6 Å². The number of alkyl halides is 1. The third kappa shape index (κ3) is 3.13. The lowest BCUT2D eigenvalue weighted by atomic mass is 9.69. The molecule has 0 bridgehead atoms. The largest absolute Gasteiger partial charge is 0.314 e. The maximum Gasteiger partial charge on any atom is 0.147 e. The van der Waals surface area contributed by atoms with Gasteiger partial charge in [-0.25, -0.2) is 0 Å². The summed E-state index contributed by atoms with van der Waals surface area (Å²) in [5, 5.41) is 8.63. The molecular formula is C15H26ClN3. The zero-order valence-corrected chi connectivity index (χ0v) is 13.4. The highest BCUT2D eigenvalue weighted by Gasteiger charge is 2.32. The lowest BCUT2D eigenvalue weighted by Crippen LogP contribution is -2.26. The summed E-state index contributed by atoms with van der Waals surface area (Å²) in [5.41, 5.74) is 0.435. The van der Waals surface area contributed by atoms with Gasteiger partial charge >= 0.3 is 0 Å². The Morgan fingerprint density at radius 3 is 2.26 bits per heavy atom. The van der Waals surface area contributed by atoms with E-state index in [9.17, 15) is 0 Å². The molecular weight excluding hydrogens is 258 g/mol. The van der Waals surface area contributed by atoms with Gasteiger partial charge in [-0.15, -0.1) is 21.8 Å². The normalized spacial score (nSPS) is 24.7. The minimum Gasteiger partial charge on any atom is -0.314 e. The molecule has 0 unspecified atom stereocenters. The molecule has 0 spiro atoms. The minimum absolute atomic E-state index is 0.435. The van der Waals surface area contributed by atoms with Gasteiger partial charge in [-0.05, 0) is 43.9 Å². The Bertz CT molecular complexity index is 412. The fourth-order valence-corrected chi connectivity index (χ4v) is 3.51. The van der Waals surface area contributed by atoms with E-state index in [0.717, 1.165) is 24.1 Å². The molecule has 1 aromatic heterocycles. The summed E-state index contributed by atoms with van der Waals surface area (Å²) < 4.78 is 2.20. The van der Waals surface area contributed by atoms with Crippen molar-refractivity contribution in [1.29, 1.82) is 0 Å². The lowest BCUT2D eigenvalue weighted by molar-refractivity contribution is 0.166. The van der Waals surface area contributed by atoms with Gasteiger partial charge in [0.2, 0.25) is 0 Å². The second-order valence-electron chi connectivity index (χ2n) is 6.77. The number of rotatable bonds is 3. The Balaban J connectivity index is 2.08. The van der Waals surface area contributed by atoms with Gasteiger partial charge in [0.25, 0.3) is 0 Å². The maximum absolute atomic E-state index is 5.92. The number of aromatic nitrogens is 3.